The van der Waals surface area contributed by atoms with E-state index in [1.54, 1.807) is 29.2 Å². The van der Waals surface area contributed by atoms with Crippen molar-refractivity contribution in [3.63, 3.8) is 0 Å². The van der Waals surface area contributed by atoms with Crippen molar-refractivity contribution in [1.82, 2.24) is 0 Å². The van der Waals surface area contributed by atoms with E-state index in [4.69, 9.17) is 0 Å². The van der Waals surface area contributed by atoms with Crippen LogP contribution in [0.15, 0.2) is 94.0 Å². The highest BCUT2D eigenvalue weighted by Gasteiger charge is 2.32. The Morgan fingerprint density at radius 3 is 2.26 bits per heavy atom. The Bertz CT molecular complexity index is 1060. The molecule has 4 nitrogen and oxygen atoms in total. The number of benzene rings is 3. The van der Waals surface area contributed by atoms with Crippen LogP contribution in [0, 0.1) is 0 Å². The van der Waals surface area contributed by atoms with Crippen LogP contribution in [0.3, 0.4) is 0 Å². The number of nitrogens with zero attached hydrogens (tertiary/aromatic N) is 2. The van der Waals surface area contributed by atoms with Crippen molar-refractivity contribution in [2.24, 2.45) is 4.99 Å². The second-order valence-corrected chi connectivity index (χ2v) is 6.87. The number of rotatable bonds is 3. The largest absolute Gasteiger partial charge is 0.507 e. The van der Waals surface area contributed by atoms with Crippen molar-refractivity contribution in [3.05, 3.63) is 100 Å². The summed E-state index contributed by atoms with van der Waals surface area (Å²) in [6.45, 7) is 0. The van der Waals surface area contributed by atoms with E-state index in [1.165, 1.54) is 0 Å². The fourth-order valence-electron chi connectivity index (χ4n) is 2.88. The van der Waals surface area contributed by atoms with Gasteiger partial charge in [0.2, 0.25) is 0 Å². The van der Waals surface area contributed by atoms with Crippen LogP contribution in [0.2, 0.25) is 0 Å². The zero-order valence-electron chi connectivity index (χ0n) is 14.2. The first-order valence-corrected chi connectivity index (χ1v) is 9.16. The van der Waals surface area contributed by atoms with Crippen molar-refractivity contribution in [2.75, 3.05) is 4.90 Å². The van der Waals surface area contributed by atoms with Crippen molar-refractivity contribution in [3.8, 4) is 5.75 Å². The fourth-order valence-corrected chi connectivity index (χ4v) is 3.28. The number of amides is 1. The molecule has 0 atom stereocenters. The molecule has 0 bridgehead atoms. The molecule has 0 saturated heterocycles. The Hall–Kier alpha value is -3.18. The quantitative estimate of drug-likeness (QED) is 0.609. The molecule has 132 valence electrons. The minimum atomic E-state index is -0.191. The van der Waals surface area contributed by atoms with E-state index >= 15 is 0 Å². The average molecular weight is 419 g/mol. The van der Waals surface area contributed by atoms with Gasteiger partial charge < -0.3 is 5.11 Å². The third kappa shape index (κ3) is 3.41. The highest BCUT2D eigenvalue weighted by Crippen LogP contribution is 2.29. The number of carbonyl (C=O) groups is 1. The van der Waals surface area contributed by atoms with Crippen molar-refractivity contribution in [2.45, 2.75) is 0 Å². The number of hydrogen-bond donors (Lipinski definition) is 1. The lowest BCUT2D eigenvalue weighted by atomic mass is 10.1. The first-order valence-electron chi connectivity index (χ1n) is 8.37. The molecule has 1 aliphatic rings. The third-order valence-electron chi connectivity index (χ3n) is 4.18. The summed E-state index contributed by atoms with van der Waals surface area (Å²) in [6.07, 6.45) is 1.72. The number of para-hydroxylation sites is 1. The first kappa shape index (κ1) is 17.2. The SMILES string of the molecule is O=C1C(=Cc2ccc(O)c(Br)c2)N=C(c2ccccc2)N1c1ccccc1. The molecule has 0 saturated carbocycles. The highest BCUT2D eigenvalue weighted by atomic mass is 79.9. The molecule has 1 amide bonds. The van der Waals surface area contributed by atoms with Gasteiger partial charge in [-0.25, -0.2) is 4.99 Å². The third-order valence-corrected chi connectivity index (χ3v) is 4.82. The summed E-state index contributed by atoms with van der Waals surface area (Å²) < 4.78 is 0.564. The van der Waals surface area contributed by atoms with Gasteiger partial charge in [0.15, 0.2) is 0 Å². The molecule has 0 spiro atoms. The van der Waals surface area contributed by atoms with Crippen LogP contribution in [0.5, 0.6) is 5.75 Å². The zero-order valence-corrected chi connectivity index (χ0v) is 15.8. The van der Waals surface area contributed by atoms with Gasteiger partial charge in [0.25, 0.3) is 5.91 Å². The molecule has 1 aliphatic heterocycles. The number of carbonyl (C=O) groups excluding carboxylic acids is 1. The van der Waals surface area contributed by atoms with Gasteiger partial charge in [0, 0.05) is 5.56 Å². The lowest BCUT2D eigenvalue weighted by molar-refractivity contribution is -0.113. The second kappa shape index (κ2) is 7.21. The van der Waals surface area contributed by atoms with E-state index in [2.05, 4.69) is 20.9 Å². The molecule has 0 fully saturated rings. The summed E-state index contributed by atoms with van der Waals surface area (Å²) in [5.41, 5.74) is 2.75. The van der Waals surface area contributed by atoms with Gasteiger partial charge in [-0.15, -0.1) is 0 Å². The molecule has 4 rings (SSSR count). The predicted octanol–water partition coefficient (Wildman–Crippen LogP) is 4.99. The Morgan fingerprint density at radius 2 is 1.59 bits per heavy atom. The van der Waals surface area contributed by atoms with E-state index < -0.39 is 0 Å². The number of aromatic hydroxyl groups is 1. The van der Waals surface area contributed by atoms with Crippen LogP contribution in [-0.2, 0) is 4.79 Å². The van der Waals surface area contributed by atoms with E-state index in [-0.39, 0.29) is 11.7 Å². The summed E-state index contributed by atoms with van der Waals surface area (Å²) in [4.78, 5) is 19.4. The van der Waals surface area contributed by atoms with Crippen LogP contribution in [0.25, 0.3) is 6.08 Å². The van der Waals surface area contributed by atoms with Crippen molar-refractivity contribution in [1.29, 1.82) is 0 Å². The Balaban J connectivity index is 1.82. The van der Waals surface area contributed by atoms with Gasteiger partial charge >= 0.3 is 0 Å². The zero-order chi connectivity index (χ0) is 18.8. The van der Waals surface area contributed by atoms with Crippen LogP contribution >= 0.6 is 15.9 Å². The van der Waals surface area contributed by atoms with Crippen LogP contribution < -0.4 is 4.90 Å². The molecule has 3 aromatic rings. The van der Waals surface area contributed by atoms with Crippen LogP contribution in [-0.4, -0.2) is 16.8 Å². The molecular weight excluding hydrogens is 404 g/mol. The molecule has 0 aliphatic carbocycles. The summed E-state index contributed by atoms with van der Waals surface area (Å²) in [6, 6.07) is 24.2. The summed E-state index contributed by atoms with van der Waals surface area (Å²) in [5, 5.41) is 9.67. The van der Waals surface area contributed by atoms with Crippen molar-refractivity contribution < 1.29 is 9.90 Å². The van der Waals surface area contributed by atoms with E-state index in [0.29, 0.717) is 16.0 Å². The minimum absolute atomic E-state index is 0.147. The molecule has 0 unspecified atom stereocenters. The van der Waals surface area contributed by atoms with Gasteiger partial charge in [0.1, 0.15) is 17.3 Å². The van der Waals surface area contributed by atoms with Gasteiger partial charge in [-0.05, 0) is 51.8 Å². The topological polar surface area (TPSA) is 52.9 Å². The van der Waals surface area contributed by atoms with Gasteiger partial charge in [-0.1, -0.05) is 54.6 Å². The lowest BCUT2D eigenvalue weighted by Gasteiger charge is -2.18. The van der Waals surface area contributed by atoms with Crippen LogP contribution in [0.1, 0.15) is 11.1 Å². The Kier molecular flexibility index (Phi) is 4.60. The number of amidine groups is 1. The van der Waals surface area contributed by atoms with E-state index in [9.17, 15) is 9.90 Å². The monoisotopic (exact) mass is 418 g/mol. The average Bonchev–Trinajstić information content (AvgIpc) is 3.02. The van der Waals surface area contributed by atoms with Gasteiger partial charge in [0.05, 0.1) is 10.2 Å². The molecule has 27 heavy (non-hydrogen) atoms. The molecule has 0 radical (unpaired) electrons. The maximum Gasteiger partial charge on any atom is 0.282 e. The molecule has 1 N–H and O–H groups in total. The number of phenolic OH excluding ortho intramolecular Hbond substituents is 1. The maximum absolute atomic E-state index is 13.1. The molecule has 5 heteroatoms. The van der Waals surface area contributed by atoms with Gasteiger partial charge in [-0.2, -0.15) is 0 Å². The minimum Gasteiger partial charge on any atom is -0.507 e. The fraction of sp³-hybridized carbons (Fsp3) is 0. The number of hydrogen-bond acceptors (Lipinski definition) is 3. The number of halogens is 1. The standard InChI is InChI=1S/C22H15BrN2O2/c23-18-13-15(11-12-20(18)26)14-19-22(27)25(17-9-5-2-6-10-17)21(24-19)16-7-3-1-4-8-16/h1-14,26H. The maximum atomic E-state index is 13.1. The summed E-state index contributed by atoms with van der Waals surface area (Å²) >= 11 is 3.30. The molecule has 1 heterocycles. The lowest BCUT2D eigenvalue weighted by Crippen LogP contribution is -2.32. The first-order chi connectivity index (χ1) is 13.1. The number of aliphatic imine (C=N–C) groups is 1. The second-order valence-electron chi connectivity index (χ2n) is 6.02. The normalized spacial score (nSPS) is 15.3. The number of anilines is 1. The van der Waals surface area contributed by atoms with E-state index in [1.807, 2.05) is 60.7 Å². The molecular formula is C22H15BrN2O2. The van der Waals surface area contributed by atoms with E-state index in [0.717, 1.165) is 16.8 Å². The summed E-state index contributed by atoms with van der Waals surface area (Å²) in [7, 11) is 0. The molecule has 0 aromatic heterocycles. The highest BCUT2D eigenvalue weighted by molar-refractivity contribution is 9.10. The van der Waals surface area contributed by atoms with Crippen molar-refractivity contribution >= 4 is 39.4 Å². The summed E-state index contributed by atoms with van der Waals surface area (Å²) in [5.74, 6) is 0.550. The smallest absolute Gasteiger partial charge is 0.282 e. The Labute approximate surface area is 165 Å². The predicted molar refractivity (Wildman–Crippen MR) is 111 cm³/mol. The molecule has 3 aromatic carbocycles. The van der Waals surface area contributed by atoms with Crippen LogP contribution in [0.4, 0.5) is 5.69 Å². The number of phenols is 1. The Morgan fingerprint density at radius 1 is 0.926 bits per heavy atom. The van der Waals surface area contributed by atoms with Gasteiger partial charge in [-0.3, -0.25) is 9.69 Å².